The lowest BCUT2D eigenvalue weighted by molar-refractivity contribution is -0.0811. The van der Waals surface area contributed by atoms with E-state index in [9.17, 15) is 5.11 Å². The molecule has 0 aromatic heterocycles. The Morgan fingerprint density at radius 3 is 2.83 bits per heavy atom. The highest BCUT2D eigenvalue weighted by Crippen LogP contribution is 2.65. The Kier molecular flexibility index (Phi) is 3.52. The van der Waals surface area contributed by atoms with E-state index in [1.165, 1.54) is 17.5 Å². The van der Waals surface area contributed by atoms with Gasteiger partial charge in [-0.25, -0.2) is 0 Å². The molecule has 128 valence electrons. The van der Waals surface area contributed by atoms with Crippen LogP contribution in [0, 0.1) is 35.5 Å². The number of aryl methyl sites for hydroxylation is 1. The van der Waals surface area contributed by atoms with Gasteiger partial charge in [0, 0.05) is 5.41 Å². The number of methoxy groups -OCH3 is 1. The number of benzene rings is 1. The molecule has 6 atom stereocenters. The maximum Gasteiger partial charge on any atom is 0.130 e. The van der Waals surface area contributed by atoms with Gasteiger partial charge in [-0.2, -0.15) is 0 Å². The third-order valence-corrected chi connectivity index (χ3v) is 7.61. The van der Waals surface area contributed by atoms with E-state index >= 15 is 0 Å². The van der Waals surface area contributed by atoms with Crippen LogP contribution in [0.4, 0.5) is 0 Å². The van der Waals surface area contributed by atoms with Gasteiger partial charge in [0.25, 0.3) is 0 Å². The molecular weight excluding hydrogens is 296 g/mol. The van der Waals surface area contributed by atoms with Crippen LogP contribution in [-0.2, 0) is 6.42 Å². The van der Waals surface area contributed by atoms with Crippen molar-refractivity contribution in [3.63, 3.8) is 0 Å². The molecule has 0 aliphatic heterocycles. The summed E-state index contributed by atoms with van der Waals surface area (Å²) in [6, 6.07) is 6.61. The molecule has 1 N–H and O–H groups in total. The maximum atomic E-state index is 11.1. The van der Waals surface area contributed by atoms with Crippen LogP contribution >= 0.6 is 0 Å². The van der Waals surface area contributed by atoms with Crippen molar-refractivity contribution in [3.8, 4) is 18.1 Å². The Morgan fingerprint density at radius 1 is 1.33 bits per heavy atom. The van der Waals surface area contributed by atoms with Crippen molar-refractivity contribution >= 4 is 0 Å². The molecule has 2 heteroatoms. The molecule has 2 nitrogen and oxygen atoms in total. The quantitative estimate of drug-likeness (QED) is 0.786. The number of aliphatic hydroxyl groups is 1. The Labute approximate surface area is 145 Å². The smallest absolute Gasteiger partial charge is 0.130 e. The fourth-order valence-corrected chi connectivity index (χ4v) is 6.48. The first-order valence-electron chi connectivity index (χ1n) is 9.30. The van der Waals surface area contributed by atoms with Gasteiger partial charge >= 0.3 is 0 Å². The lowest BCUT2D eigenvalue weighted by atomic mass is 9.50. The monoisotopic (exact) mass is 324 g/mol. The predicted octanol–water partition coefficient (Wildman–Crippen LogP) is 4.16. The number of fused-ring (bicyclic) bond motifs is 5. The minimum Gasteiger partial charge on any atom is -0.497 e. The lowest BCUT2D eigenvalue weighted by Crippen LogP contribution is -2.52. The Bertz CT molecular complexity index is 702. The summed E-state index contributed by atoms with van der Waals surface area (Å²) in [4.78, 5) is 0. The van der Waals surface area contributed by atoms with E-state index < -0.39 is 5.60 Å². The Balaban J connectivity index is 1.75. The van der Waals surface area contributed by atoms with Crippen molar-refractivity contribution in [3.05, 3.63) is 29.3 Å². The van der Waals surface area contributed by atoms with Crippen LogP contribution < -0.4 is 4.74 Å². The van der Waals surface area contributed by atoms with Gasteiger partial charge in [-0.05, 0) is 79.0 Å². The molecule has 2 fully saturated rings. The van der Waals surface area contributed by atoms with Crippen molar-refractivity contribution < 1.29 is 9.84 Å². The first-order valence-corrected chi connectivity index (χ1v) is 9.30. The van der Waals surface area contributed by atoms with E-state index in [1.807, 2.05) is 0 Å². The third kappa shape index (κ3) is 1.94. The van der Waals surface area contributed by atoms with Crippen molar-refractivity contribution in [2.24, 2.45) is 23.2 Å². The van der Waals surface area contributed by atoms with Crippen LogP contribution in [-0.4, -0.2) is 17.8 Å². The average molecular weight is 324 g/mol. The van der Waals surface area contributed by atoms with Crippen LogP contribution in [0.2, 0.25) is 0 Å². The summed E-state index contributed by atoms with van der Waals surface area (Å²) in [5.41, 5.74) is 1.91. The van der Waals surface area contributed by atoms with Crippen LogP contribution in [0.1, 0.15) is 56.6 Å². The molecule has 1 aromatic rings. The molecule has 2 saturated carbocycles. The van der Waals surface area contributed by atoms with Crippen molar-refractivity contribution in [1.82, 2.24) is 0 Å². The normalized spacial score (nSPS) is 43.3. The molecular formula is C22H28O2. The second-order valence-electron chi connectivity index (χ2n) is 8.54. The van der Waals surface area contributed by atoms with Gasteiger partial charge < -0.3 is 9.84 Å². The van der Waals surface area contributed by atoms with Crippen molar-refractivity contribution in [2.75, 3.05) is 7.11 Å². The number of terminal acetylenes is 1. The number of ether oxygens (including phenoxy) is 1. The lowest BCUT2D eigenvalue weighted by Gasteiger charge is -2.54. The van der Waals surface area contributed by atoms with Crippen LogP contribution in [0.5, 0.6) is 5.75 Å². The molecule has 0 saturated heterocycles. The molecule has 0 heterocycles. The fourth-order valence-electron chi connectivity index (χ4n) is 6.48. The second-order valence-corrected chi connectivity index (χ2v) is 8.54. The Morgan fingerprint density at radius 2 is 2.12 bits per heavy atom. The zero-order chi connectivity index (χ0) is 17.1. The van der Waals surface area contributed by atoms with Crippen molar-refractivity contribution in [1.29, 1.82) is 0 Å². The van der Waals surface area contributed by atoms with E-state index in [2.05, 4.69) is 38.0 Å². The third-order valence-electron chi connectivity index (χ3n) is 7.61. The van der Waals surface area contributed by atoms with Crippen molar-refractivity contribution in [2.45, 2.75) is 57.5 Å². The standard InChI is InChI=1S/C22H28O2/c1-5-22(23)11-10-19-18-8-6-15-12-16(24-4)7-9-17(15)20(18)14(2)13-21(19,22)3/h1,7,9,12,14,18-20,23H,6,8,10-11,13H2,2-4H3/t14-,18+,19-,20-,21+,22-/m0/s1. The largest absolute Gasteiger partial charge is 0.497 e. The molecule has 3 aliphatic carbocycles. The summed E-state index contributed by atoms with van der Waals surface area (Å²) < 4.78 is 5.42. The highest BCUT2D eigenvalue weighted by atomic mass is 16.5. The number of hydrogen-bond donors (Lipinski definition) is 1. The second kappa shape index (κ2) is 5.27. The van der Waals surface area contributed by atoms with Gasteiger partial charge in [0.05, 0.1) is 7.11 Å². The SMILES string of the molecule is C#C[C@]1(O)CC[C@H]2[C@H]3CCc4cc(OC)ccc4[C@@H]3[C@@H](C)C[C@]21C. The zero-order valence-electron chi connectivity index (χ0n) is 15.0. The minimum atomic E-state index is -0.920. The molecule has 3 aliphatic rings. The first-order chi connectivity index (χ1) is 11.4. The summed E-state index contributed by atoms with van der Waals surface area (Å²) in [7, 11) is 1.74. The number of rotatable bonds is 1. The molecule has 0 bridgehead atoms. The van der Waals surface area contributed by atoms with Gasteiger partial charge in [0.1, 0.15) is 11.4 Å². The van der Waals surface area contributed by atoms with Gasteiger partial charge in [0.15, 0.2) is 0 Å². The summed E-state index contributed by atoms with van der Waals surface area (Å²) >= 11 is 0. The van der Waals surface area contributed by atoms with Crippen LogP contribution in [0.3, 0.4) is 0 Å². The number of hydrogen-bond acceptors (Lipinski definition) is 2. The van der Waals surface area contributed by atoms with Crippen LogP contribution in [0.25, 0.3) is 0 Å². The van der Waals surface area contributed by atoms with E-state index in [-0.39, 0.29) is 5.41 Å². The summed E-state index contributed by atoms with van der Waals surface area (Å²) in [6.45, 7) is 4.61. The first kappa shape index (κ1) is 16.0. The van der Waals surface area contributed by atoms with E-state index in [0.29, 0.717) is 23.7 Å². The predicted molar refractivity (Wildman–Crippen MR) is 95.9 cm³/mol. The zero-order valence-corrected chi connectivity index (χ0v) is 15.0. The fraction of sp³-hybridized carbons (Fsp3) is 0.636. The highest BCUT2D eigenvalue weighted by molar-refractivity contribution is 5.41. The minimum absolute atomic E-state index is 0.133. The topological polar surface area (TPSA) is 29.5 Å². The molecule has 0 amide bonds. The summed E-state index contributed by atoms with van der Waals surface area (Å²) in [6.07, 6.45) is 10.9. The molecule has 0 unspecified atom stereocenters. The molecule has 24 heavy (non-hydrogen) atoms. The molecule has 0 radical (unpaired) electrons. The Hall–Kier alpha value is -1.46. The molecule has 4 rings (SSSR count). The van der Waals surface area contributed by atoms with Crippen LogP contribution in [0.15, 0.2) is 18.2 Å². The van der Waals surface area contributed by atoms with Gasteiger partial charge in [-0.15, -0.1) is 6.42 Å². The average Bonchev–Trinajstić information content (AvgIpc) is 2.85. The van der Waals surface area contributed by atoms with Gasteiger partial charge in [-0.1, -0.05) is 25.8 Å². The maximum absolute atomic E-state index is 11.1. The molecule has 0 spiro atoms. The van der Waals surface area contributed by atoms with E-state index in [1.54, 1.807) is 7.11 Å². The highest BCUT2D eigenvalue weighted by Gasteiger charge is 2.62. The van der Waals surface area contributed by atoms with Gasteiger partial charge in [-0.3, -0.25) is 0 Å². The van der Waals surface area contributed by atoms with E-state index in [0.717, 1.165) is 31.4 Å². The summed E-state index contributed by atoms with van der Waals surface area (Å²) in [5, 5.41) is 11.1. The van der Waals surface area contributed by atoms with E-state index in [4.69, 9.17) is 11.2 Å². The molecule has 1 aromatic carbocycles. The summed E-state index contributed by atoms with van der Waals surface area (Å²) in [5.74, 6) is 6.05. The van der Waals surface area contributed by atoms with Gasteiger partial charge in [0.2, 0.25) is 0 Å².